The average Bonchev–Trinajstić information content (AvgIpc) is 3.61. The number of tetrazole rings is 1. The zero-order valence-electron chi connectivity index (χ0n) is 23.1. The predicted molar refractivity (Wildman–Crippen MR) is 155 cm³/mol. The number of fused-ring (bicyclic) bond motifs is 2. The number of ether oxygens (including phenoxy) is 2. The van der Waals surface area contributed by atoms with E-state index in [-0.39, 0.29) is 17.8 Å². The second-order valence-electron chi connectivity index (χ2n) is 10.8. The fourth-order valence-corrected chi connectivity index (χ4v) is 6.30. The van der Waals surface area contributed by atoms with Crippen molar-refractivity contribution in [1.82, 2.24) is 34.2 Å². The van der Waals surface area contributed by atoms with E-state index in [9.17, 15) is 4.79 Å². The summed E-state index contributed by atoms with van der Waals surface area (Å²) in [7, 11) is 1.85. The number of imidazole rings is 1. The third-order valence-corrected chi connectivity index (χ3v) is 8.41. The summed E-state index contributed by atoms with van der Waals surface area (Å²) in [4.78, 5) is 15.7. The van der Waals surface area contributed by atoms with Crippen LogP contribution in [0.3, 0.4) is 0 Å². The Morgan fingerprint density at radius 1 is 0.902 bits per heavy atom. The van der Waals surface area contributed by atoms with Crippen LogP contribution in [-0.4, -0.2) is 60.5 Å². The highest BCUT2D eigenvalue weighted by Crippen LogP contribution is 2.35. The maximum atomic E-state index is 13.2. The summed E-state index contributed by atoms with van der Waals surface area (Å²) in [6.07, 6.45) is 3.53. The molecule has 0 saturated carbocycles. The van der Waals surface area contributed by atoms with Gasteiger partial charge in [-0.1, -0.05) is 42.5 Å². The number of benzene rings is 3. The normalized spacial score (nSPS) is 16.7. The first kappa shape index (κ1) is 25.5. The molecule has 1 atom stereocenters. The molecule has 4 heterocycles. The van der Waals surface area contributed by atoms with E-state index in [2.05, 4.69) is 44.7 Å². The Hall–Kier alpha value is -4.44. The van der Waals surface area contributed by atoms with Crippen molar-refractivity contribution in [2.45, 2.75) is 37.8 Å². The number of aromatic nitrogens is 6. The molecule has 0 radical (unpaired) electrons. The number of hydrogen-bond acceptors (Lipinski definition) is 7. The van der Waals surface area contributed by atoms with Crippen molar-refractivity contribution in [3.05, 3.63) is 94.7 Å². The average molecular weight is 552 g/mol. The Balaban J connectivity index is 1.18. The Bertz CT molecular complexity index is 1720. The monoisotopic (exact) mass is 551 g/mol. The summed E-state index contributed by atoms with van der Waals surface area (Å²) < 4.78 is 17.1. The first-order valence-electron chi connectivity index (χ1n) is 14.3. The number of para-hydroxylation sites is 2. The van der Waals surface area contributed by atoms with E-state index in [1.54, 1.807) is 4.57 Å². The minimum Gasteiger partial charge on any atom is -0.486 e. The lowest BCUT2D eigenvalue weighted by molar-refractivity contribution is 0.122. The number of likely N-dealkylation sites (tertiary alicyclic amines) is 1. The van der Waals surface area contributed by atoms with E-state index < -0.39 is 0 Å². The third kappa shape index (κ3) is 4.78. The zero-order chi connectivity index (χ0) is 27.8. The van der Waals surface area contributed by atoms with Crippen molar-refractivity contribution < 1.29 is 9.47 Å². The van der Waals surface area contributed by atoms with Gasteiger partial charge in [-0.3, -0.25) is 14.0 Å². The zero-order valence-corrected chi connectivity index (χ0v) is 23.1. The number of nitrogens with zero attached hydrogens (tertiary/aromatic N) is 7. The predicted octanol–water partition coefficient (Wildman–Crippen LogP) is 4.10. The lowest BCUT2D eigenvalue weighted by atomic mass is 9.98. The molecule has 10 heteroatoms. The van der Waals surface area contributed by atoms with Gasteiger partial charge in [0.25, 0.3) is 0 Å². The summed E-state index contributed by atoms with van der Waals surface area (Å²) in [6.45, 7) is 2.75. The smallest absolute Gasteiger partial charge is 0.329 e. The van der Waals surface area contributed by atoms with Crippen molar-refractivity contribution in [3.63, 3.8) is 0 Å². The van der Waals surface area contributed by atoms with Gasteiger partial charge in [0.15, 0.2) is 17.3 Å². The van der Waals surface area contributed by atoms with Gasteiger partial charge < -0.3 is 9.47 Å². The summed E-state index contributed by atoms with van der Waals surface area (Å²) in [5.74, 6) is 2.25. The maximum Gasteiger partial charge on any atom is 0.329 e. The summed E-state index contributed by atoms with van der Waals surface area (Å²) in [5.41, 5.74) is 4.15. The molecule has 210 valence electrons. The van der Waals surface area contributed by atoms with Gasteiger partial charge >= 0.3 is 5.69 Å². The molecule has 2 aliphatic heterocycles. The molecule has 0 spiro atoms. The van der Waals surface area contributed by atoms with Crippen LogP contribution in [0.1, 0.15) is 42.7 Å². The van der Waals surface area contributed by atoms with Crippen LogP contribution >= 0.6 is 0 Å². The molecule has 0 bridgehead atoms. The van der Waals surface area contributed by atoms with Crippen LogP contribution in [-0.2, 0) is 13.5 Å². The molecule has 0 amide bonds. The van der Waals surface area contributed by atoms with Crippen LogP contribution in [0.5, 0.6) is 11.5 Å². The standard InChI is InChI=1S/C31H33N7O3/c1-35-25-9-5-6-10-26(25)37(31(35)39)23-15-17-36(18-16-23)27(13-11-22-7-3-2-4-8-22)30-32-33-34-38(30)24-12-14-28-29(21-24)41-20-19-40-28/h2-10,12,14,21,23,27H,11,13,15-20H2,1H3. The molecule has 2 aliphatic rings. The van der Waals surface area contributed by atoms with Crippen molar-refractivity contribution in [1.29, 1.82) is 0 Å². The molecule has 0 N–H and O–H groups in total. The van der Waals surface area contributed by atoms with Gasteiger partial charge in [-0.15, -0.1) is 5.10 Å². The fourth-order valence-electron chi connectivity index (χ4n) is 6.30. The molecule has 7 rings (SSSR count). The quantitative estimate of drug-likeness (QED) is 0.301. The number of rotatable bonds is 7. The van der Waals surface area contributed by atoms with Gasteiger partial charge in [-0.25, -0.2) is 4.79 Å². The van der Waals surface area contributed by atoms with Crippen LogP contribution in [0.15, 0.2) is 77.6 Å². The third-order valence-electron chi connectivity index (χ3n) is 8.41. The molecule has 5 aromatic rings. The molecular formula is C31H33N7O3. The van der Waals surface area contributed by atoms with Gasteiger partial charge in [0.1, 0.15) is 13.2 Å². The molecule has 1 fully saturated rings. The Morgan fingerprint density at radius 2 is 1.63 bits per heavy atom. The van der Waals surface area contributed by atoms with Crippen molar-refractivity contribution in [2.24, 2.45) is 7.05 Å². The SMILES string of the molecule is Cn1c(=O)n(C2CCN(C(CCc3ccccc3)c3nnnn3-c3ccc4c(c3)OCCO4)CC2)c2ccccc21. The lowest BCUT2D eigenvalue weighted by Gasteiger charge is -2.37. The minimum absolute atomic E-state index is 0.00333. The first-order chi connectivity index (χ1) is 20.2. The van der Waals surface area contributed by atoms with E-state index >= 15 is 0 Å². The van der Waals surface area contributed by atoms with Gasteiger partial charge in [-0.2, -0.15) is 4.68 Å². The van der Waals surface area contributed by atoms with Crippen LogP contribution in [0.2, 0.25) is 0 Å². The number of aryl methyl sites for hydroxylation is 2. The lowest BCUT2D eigenvalue weighted by Crippen LogP contribution is -2.40. The summed E-state index contributed by atoms with van der Waals surface area (Å²) in [6, 6.07) is 24.6. The highest BCUT2D eigenvalue weighted by atomic mass is 16.6. The van der Waals surface area contributed by atoms with Gasteiger partial charge in [0, 0.05) is 32.2 Å². The van der Waals surface area contributed by atoms with E-state index in [4.69, 9.17) is 9.47 Å². The fraction of sp³-hybridized carbons (Fsp3) is 0.355. The Morgan fingerprint density at radius 3 is 2.44 bits per heavy atom. The second kappa shape index (κ2) is 10.9. The van der Waals surface area contributed by atoms with Gasteiger partial charge in [0.2, 0.25) is 0 Å². The van der Waals surface area contributed by atoms with E-state index in [1.165, 1.54) is 5.56 Å². The molecule has 3 aromatic carbocycles. The van der Waals surface area contributed by atoms with E-state index in [0.29, 0.717) is 19.0 Å². The van der Waals surface area contributed by atoms with Gasteiger partial charge in [-0.05, 0) is 65.9 Å². The second-order valence-corrected chi connectivity index (χ2v) is 10.8. The van der Waals surface area contributed by atoms with Crippen molar-refractivity contribution in [3.8, 4) is 17.2 Å². The highest BCUT2D eigenvalue weighted by molar-refractivity contribution is 5.76. The van der Waals surface area contributed by atoms with Crippen molar-refractivity contribution >= 4 is 11.0 Å². The van der Waals surface area contributed by atoms with E-state index in [0.717, 1.165) is 67.1 Å². The number of hydrogen-bond donors (Lipinski definition) is 0. The topological polar surface area (TPSA) is 92.2 Å². The Labute approximate surface area is 237 Å². The molecule has 1 saturated heterocycles. The van der Waals surface area contributed by atoms with Crippen LogP contribution < -0.4 is 15.2 Å². The van der Waals surface area contributed by atoms with Crippen molar-refractivity contribution in [2.75, 3.05) is 26.3 Å². The number of piperidine rings is 1. The first-order valence-corrected chi connectivity index (χ1v) is 14.3. The van der Waals surface area contributed by atoms with Crippen LogP contribution in [0.4, 0.5) is 0 Å². The highest BCUT2D eigenvalue weighted by Gasteiger charge is 2.32. The molecule has 2 aromatic heterocycles. The summed E-state index contributed by atoms with van der Waals surface area (Å²) in [5, 5.41) is 13.1. The molecule has 10 nitrogen and oxygen atoms in total. The molecular weight excluding hydrogens is 518 g/mol. The van der Waals surface area contributed by atoms with Crippen LogP contribution in [0, 0.1) is 0 Å². The minimum atomic E-state index is 0.00333. The largest absolute Gasteiger partial charge is 0.486 e. The molecule has 41 heavy (non-hydrogen) atoms. The van der Waals surface area contributed by atoms with Gasteiger partial charge in [0.05, 0.1) is 22.8 Å². The molecule has 0 aliphatic carbocycles. The van der Waals surface area contributed by atoms with Crippen LogP contribution in [0.25, 0.3) is 16.7 Å². The maximum absolute atomic E-state index is 13.2. The summed E-state index contributed by atoms with van der Waals surface area (Å²) >= 11 is 0. The molecule has 1 unspecified atom stereocenters. The Kier molecular flexibility index (Phi) is 6.76. The van der Waals surface area contributed by atoms with E-state index in [1.807, 2.05) is 64.8 Å².